The lowest BCUT2D eigenvalue weighted by molar-refractivity contribution is -0.144. The molecule has 1 heterocycles. The van der Waals surface area contributed by atoms with E-state index in [9.17, 15) is 4.79 Å². The molecule has 0 spiro atoms. The van der Waals surface area contributed by atoms with Crippen molar-refractivity contribution in [3.8, 4) is 5.75 Å². The van der Waals surface area contributed by atoms with Crippen LogP contribution < -0.4 is 10.1 Å². The first-order valence-corrected chi connectivity index (χ1v) is 6.93. The first-order valence-electron chi connectivity index (χ1n) is 6.93. The molecule has 1 unspecified atom stereocenters. The summed E-state index contributed by atoms with van der Waals surface area (Å²) in [7, 11) is 1.78. The quantitative estimate of drug-likeness (QED) is 0.866. The van der Waals surface area contributed by atoms with Gasteiger partial charge in [-0.1, -0.05) is 12.1 Å². The third-order valence-electron chi connectivity index (χ3n) is 3.26. The molecule has 1 atom stereocenters. The third-order valence-corrected chi connectivity index (χ3v) is 3.26. The number of likely N-dealkylation sites (N-methyl/N-ethyl adjacent to an activating group) is 1. The van der Waals surface area contributed by atoms with Gasteiger partial charge in [0.15, 0.2) is 0 Å². The Morgan fingerprint density at radius 1 is 1.55 bits per heavy atom. The van der Waals surface area contributed by atoms with E-state index in [1.807, 2.05) is 31.2 Å². The van der Waals surface area contributed by atoms with Crippen LogP contribution in [0.4, 0.5) is 0 Å². The molecular formula is C15H22N2O3. The number of carbonyl (C=O) groups excluding carboxylic acids is 1. The Kier molecular flexibility index (Phi) is 5.38. The number of aryl methyl sites for hydroxylation is 1. The van der Waals surface area contributed by atoms with E-state index in [2.05, 4.69) is 5.32 Å². The molecule has 1 aliphatic rings. The van der Waals surface area contributed by atoms with Crippen LogP contribution in [0.3, 0.4) is 0 Å². The summed E-state index contributed by atoms with van der Waals surface area (Å²) in [6, 6.07) is 7.88. The maximum atomic E-state index is 12.1. The summed E-state index contributed by atoms with van der Waals surface area (Å²) in [5.41, 5.74) is 1.16. The van der Waals surface area contributed by atoms with Gasteiger partial charge in [0, 0.05) is 20.1 Å². The molecule has 0 aliphatic carbocycles. The van der Waals surface area contributed by atoms with Crippen molar-refractivity contribution in [1.29, 1.82) is 0 Å². The highest BCUT2D eigenvalue weighted by Gasteiger charge is 2.24. The van der Waals surface area contributed by atoms with Crippen molar-refractivity contribution in [3.63, 3.8) is 0 Å². The predicted octanol–water partition coefficient (Wildman–Crippen LogP) is 0.821. The van der Waals surface area contributed by atoms with Crippen molar-refractivity contribution in [1.82, 2.24) is 10.2 Å². The summed E-state index contributed by atoms with van der Waals surface area (Å²) in [6.07, 6.45) is -0.368. The average Bonchev–Trinajstić information content (AvgIpc) is 2.47. The lowest BCUT2D eigenvalue weighted by Crippen LogP contribution is -2.49. The summed E-state index contributed by atoms with van der Waals surface area (Å²) >= 11 is 0. The van der Waals surface area contributed by atoms with Crippen molar-refractivity contribution in [3.05, 3.63) is 29.8 Å². The Morgan fingerprint density at radius 2 is 2.40 bits per heavy atom. The minimum Gasteiger partial charge on any atom is -0.492 e. The van der Waals surface area contributed by atoms with E-state index in [1.165, 1.54) is 0 Å². The zero-order valence-corrected chi connectivity index (χ0v) is 12.1. The number of hydrogen-bond acceptors (Lipinski definition) is 4. The summed E-state index contributed by atoms with van der Waals surface area (Å²) in [4.78, 5) is 13.8. The van der Waals surface area contributed by atoms with Crippen LogP contribution in [-0.2, 0) is 9.53 Å². The van der Waals surface area contributed by atoms with Gasteiger partial charge in [-0.25, -0.2) is 0 Å². The zero-order chi connectivity index (χ0) is 14.4. The molecule has 110 valence electrons. The van der Waals surface area contributed by atoms with Crippen molar-refractivity contribution in [2.24, 2.45) is 0 Å². The van der Waals surface area contributed by atoms with E-state index < -0.39 is 0 Å². The molecule has 1 aliphatic heterocycles. The number of carbonyl (C=O) groups is 1. The molecule has 0 saturated carbocycles. The minimum absolute atomic E-state index is 0.00467. The van der Waals surface area contributed by atoms with Crippen LogP contribution in [-0.4, -0.2) is 56.8 Å². The van der Waals surface area contributed by atoms with E-state index in [1.54, 1.807) is 11.9 Å². The average molecular weight is 278 g/mol. The van der Waals surface area contributed by atoms with Crippen molar-refractivity contribution < 1.29 is 14.3 Å². The monoisotopic (exact) mass is 278 g/mol. The first kappa shape index (κ1) is 14.8. The molecule has 1 aromatic carbocycles. The summed E-state index contributed by atoms with van der Waals surface area (Å²) in [6.45, 7) is 5.03. The maximum Gasteiger partial charge on any atom is 0.252 e. The molecule has 0 radical (unpaired) electrons. The highest BCUT2D eigenvalue weighted by atomic mass is 16.5. The van der Waals surface area contributed by atoms with Crippen LogP contribution in [0.2, 0.25) is 0 Å². The fourth-order valence-corrected chi connectivity index (χ4v) is 2.09. The van der Waals surface area contributed by atoms with Crippen molar-refractivity contribution >= 4 is 5.91 Å². The molecule has 1 amide bonds. The minimum atomic E-state index is -0.368. The van der Waals surface area contributed by atoms with Gasteiger partial charge in [-0.3, -0.25) is 4.79 Å². The Balaban J connectivity index is 1.74. The highest BCUT2D eigenvalue weighted by Crippen LogP contribution is 2.12. The molecule has 5 heteroatoms. The molecule has 2 rings (SSSR count). The Morgan fingerprint density at radius 3 is 3.10 bits per heavy atom. The van der Waals surface area contributed by atoms with Gasteiger partial charge >= 0.3 is 0 Å². The molecule has 1 saturated heterocycles. The lowest BCUT2D eigenvalue weighted by atomic mass is 10.2. The van der Waals surface area contributed by atoms with Crippen LogP contribution in [0, 0.1) is 6.92 Å². The SMILES string of the molecule is Cc1cccc(OCCN(C)C(=O)C2CNCCO2)c1. The van der Waals surface area contributed by atoms with E-state index in [0.29, 0.717) is 26.3 Å². The van der Waals surface area contributed by atoms with Crippen LogP contribution in [0.15, 0.2) is 24.3 Å². The lowest BCUT2D eigenvalue weighted by Gasteiger charge is -2.27. The van der Waals surface area contributed by atoms with E-state index in [0.717, 1.165) is 17.9 Å². The van der Waals surface area contributed by atoms with Crippen molar-refractivity contribution in [2.75, 3.05) is 39.9 Å². The number of nitrogens with one attached hydrogen (secondary N) is 1. The van der Waals surface area contributed by atoms with Gasteiger partial charge in [-0.15, -0.1) is 0 Å². The van der Waals surface area contributed by atoms with Gasteiger partial charge < -0.3 is 19.7 Å². The predicted molar refractivity (Wildman–Crippen MR) is 76.9 cm³/mol. The van der Waals surface area contributed by atoms with Gasteiger partial charge in [-0.2, -0.15) is 0 Å². The number of ether oxygens (including phenoxy) is 2. The number of hydrogen-bond donors (Lipinski definition) is 1. The topological polar surface area (TPSA) is 50.8 Å². The molecule has 20 heavy (non-hydrogen) atoms. The zero-order valence-electron chi connectivity index (χ0n) is 12.1. The Labute approximate surface area is 119 Å². The molecule has 1 fully saturated rings. The fraction of sp³-hybridized carbons (Fsp3) is 0.533. The van der Waals surface area contributed by atoms with Gasteiger partial charge in [0.05, 0.1) is 13.2 Å². The van der Waals surface area contributed by atoms with E-state index in [-0.39, 0.29) is 12.0 Å². The van der Waals surface area contributed by atoms with E-state index in [4.69, 9.17) is 9.47 Å². The van der Waals surface area contributed by atoms with Crippen molar-refractivity contribution in [2.45, 2.75) is 13.0 Å². The number of amides is 1. The molecule has 1 N–H and O–H groups in total. The molecule has 0 bridgehead atoms. The Bertz CT molecular complexity index is 444. The molecular weight excluding hydrogens is 256 g/mol. The first-order chi connectivity index (χ1) is 9.66. The number of rotatable bonds is 5. The smallest absolute Gasteiger partial charge is 0.252 e. The highest BCUT2D eigenvalue weighted by molar-refractivity contribution is 5.81. The van der Waals surface area contributed by atoms with Gasteiger partial charge in [0.1, 0.15) is 18.5 Å². The fourth-order valence-electron chi connectivity index (χ4n) is 2.09. The molecule has 5 nitrogen and oxygen atoms in total. The second-order valence-electron chi connectivity index (χ2n) is 4.99. The van der Waals surface area contributed by atoms with Crippen LogP contribution >= 0.6 is 0 Å². The standard InChI is InChI=1S/C15H22N2O3/c1-12-4-3-5-13(10-12)19-9-7-17(2)15(18)14-11-16-6-8-20-14/h3-5,10,14,16H,6-9,11H2,1-2H3. The summed E-state index contributed by atoms with van der Waals surface area (Å²) in [5.74, 6) is 0.839. The summed E-state index contributed by atoms with van der Waals surface area (Å²) < 4.78 is 11.1. The maximum absolute atomic E-state index is 12.1. The number of morpholine rings is 1. The van der Waals surface area contributed by atoms with Gasteiger partial charge in [0.25, 0.3) is 5.91 Å². The molecule has 1 aromatic rings. The second-order valence-corrected chi connectivity index (χ2v) is 4.99. The molecule has 0 aromatic heterocycles. The van der Waals surface area contributed by atoms with Crippen LogP contribution in [0.25, 0.3) is 0 Å². The van der Waals surface area contributed by atoms with Crippen LogP contribution in [0.5, 0.6) is 5.75 Å². The normalized spacial score (nSPS) is 18.6. The van der Waals surface area contributed by atoms with E-state index >= 15 is 0 Å². The van der Waals surface area contributed by atoms with Gasteiger partial charge in [-0.05, 0) is 24.6 Å². The second kappa shape index (κ2) is 7.26. The largest absolute Gasteiger partial charge is 0.492 e. The van der Waals surface area contributed by atoms with Crippen LogP contribution in [0.1, 0.15) is 5.56 Å². The third kappa shape index (κ3) is 4.21. The number of benzene rings is 1. The summed E-state index contributed by atoms with van der Waals surface area (Å²) in [5, 5.41) is 3.16. The Hall–Kier alpha value is -1.59. The number of nitrogens with zero attached hydrogens (tertiary/aromatic N) is 1. The van der Waals surface area contributed by atoms with Gasteiger partial charge in [0.2, 0.25) is 0 Å².